The van der Waals surface area contributed by atoms with E-state index in [4.69, 9.17) is 18.5 Å². The Hall–Kier alpha value is -1.24. The van der Waals surface area contributed by atoms with Crippen molar-refractivity contribution in [2.75, 3.05) is 13.2 Å². The number of rotatable bonds is 6. The molecule has 5 rings (SSSR count). The normalized spacial score (nSPS) is 46.4. The second-order valence-corrected chi connectivity index (χ2v) is 11.1. The van der Waals surface area contributed by atoms with Crippen molar-refractivity contribution in [3.8, 4) is 0 Å². The van der Waals surface area contributed by atoms with Gasteiger partial charge in [-0.3, -0.25) is 19.9 Å². The van der Waals surface area contributed by atoms with Gasteiger partial charge in [0.1, 0.15) is 24.4 Å². The Morgan fingerprint density at radius 2 is 1.82 bits per heavy atom. The summed E-state index contributed by atoms with van der Waals surface area (Å²) < 4.78 is 21.9. The Kier molecular flexibility index (Phi) is 6.95. The zero-order valence-corrected chi connectivity index (χ0v) is 19.5. The third kappa shape index (κ3) is 4.28. The first-order valence-electron chi connectivity index (χ1n) is 11.8. The molecule has 3 heterocycles. The predicted octanol–water partition coefficient (Wildman–Crippen LogP) is -0.728. The van der Waals surface area contributed by atoms with Gasteiger partial charge in [0, 0.05) is 11.8 Å². The predicted molar refractivity (Wildman–Crippen MR) is 115 cm³/mol. The van der Waals surface area contributed by atoms with Crippen molar-refractivity contribution < 1.29 is 48.5 Å². The molecule has 0 bridgehead atoms. The van der Waals surface area contributed by atoms with E-state index in [1.165, 1.54) is 0 Å². The van der Waals surface area contributed by atoms with Crippen LogP contribution in [0.3, 0.4) is 0 Å². The molecule has 190 valence electrons. The molecular formula is C21H31N2O10P. The Labute approximate surface area is 197 Å². The van der Waals surface area contributed by atoms with E-state index in [0.29, 0.717) is 6.42 Å². The molecule has 7 atom stereocenters. The summed E-state index contributed by atoms with van der Waals surface area (Å²) in [6, 6.07) is 0.173. The molecule has 0 aromatic rings. The number of nitrogens with zero attached hydrogens (tertiary/aromatic N) is 1. The second kappa shape index (κ2) is 9.67. The third-order valence-electron chi connectivity index (χ3n) is 7.47. The van der Waals surface area contributed by atoms with Crippen LogP contribution in [0, 0.1) is 11.3 Å². The third-order valence-corrected chi connectivity index (χ3v) is 8.83. The Bertz CT molecular complexity index is 814. The van der Waals surface area contributed by atoms with E-state index < -0.39 is 68.9 Å². The minimum absolute atomic E-state index is 0.00188. The Balaban J connectivity index is 1.09. The van der Waals surface area contributed by atoms with Gasteiger partial charge in [-0.15, -0.1) is 0 Å². The van der Waals surface area contributed by atoms with Gasteiger partial charge in [-0.1, -0.05) is 6.42 Å². The zero-order chi connectivity index (χ0) is 24.0. The summed E-state index contributed by atoms with van der Waals surface area (Å²) in [6.07, 6.45) is -1.53. The molecule has 1 unspecified atom stereocenters. The highest BCUT2D eigenvalue weighted by molar-refractivity contribution is 7.49. The van der Waals surface area contributed by atoms with Crippen molar-refractivity contribution >= 4 is 26.0 Å². The molecule has 2 aliphatic carbocycles. The number of ether oxygens (including phenoxy) is 2. The van der Waals surface area contributed by atoms with E-state index in [-0.39, 0.29) is 31.4 Å². The molecule has 0 amide bonds. The highest BCUT2D eigenvalue weighted by atomic mass is 31.2. The number of aliphatic hydroxyl groups is 4. The first-order chi connectivity index (χ1) is 16.3. The maximum atomic E-state index is 12.8. The van der Waals surface area contributed by atoms with Crippen molar-refractivity contribution in [2.24, 2.45) is 16.3 Å². The van der Waals surface area contributed by atoms with Crippen LogP contribution in [0.1, 0.15) is 44.9 Å². The van der Waals surface area contributed by atoms with Crippen molar-refractivity contribution in [1.29, 1.82) is 0 Å². The fourth-order valence-corrected chi connectivity index (χ4v) is 6.83. The van der Waals surface area contributed by atoms with Gasteiger partial charge in [-0.05, 0) is 44.4 Å². The van der Waals surface area contributed by atoms with Crippen LogP contribution in [0.2, 0.25) is 0 Å². The highest BCUT2D eigenvalue weighted by Crippen LogP contribution is 2.59. The first-order valence-corrected chi connectivity index (χ1v) is 13.1. The van der Waals surface area contributed by atoms with E-state index >= 15 is 0 Å². The Morgan fingerprint density at radius 1 is 1.09 bits per heavy atom. The lowest BCUT2D eigenvalue weighted by atomic mass is 9.61. The average molecular weight is 502 g/mol. The van der Waals surface area contributed by atoms with Gasteiger partial charge in [-0.25, -0.2) is 0 Å². The lowest BCUT2D eigenvalue weighted by Crippen LogP contribution is -2.59. The van der Waals surface area contributed by atoms with Gasteiger partial charge in [0.25, 0.3) is 0 Å². The molecule has 0 aromatic carbocycles. The van der Waals surface area contributed by atoms with Crippen LogP contribution in [-0.4, -0.2) is 93.9 Å². The van der Waals surface area contributed by atoms with Crippen LogP contribution in [0.25, 0.3) is 0 Å². The monoisotopic (exact) mass is 502 g/mol. The van der Waals surface area contributed by atoms with Crippen LogP contribution in [0.5, 0.6) is 0 Å². The molecule has 4 fully saturated rings. The number of fused-ring (bicyclic) bond motifs is 1. The van der Waals surface area contributed by atoms with Crippen LogP contribution in [0.4, 0.5) is 0 Å². The molecule has 1 spiro atoms. The first kappa shape index (κ1) is 24.5. The number of aliphatic hydroxyl groups excluding tert-OH is 4. The van der Waals surface area contributed by atoms with Crippen LogP contribution in [0.15, 0.2) is 4.99 Å². The molecule has 12 nitrogen and oxygen atoms in total. The number of hydrogen-bond acceptors (Lipinski definition) is 12. The lowest BCUT2D eigenvalue weighted by molar-refractivity contribution is -0.301. The van der Waals surface area contributed by atoms with Gasteiger partial charge in [0.15, 0.2) is 17.6 Å². The smallest absolute Gasteiger partial charge is 0.337 e. The summed E-state index contributed by atoms with van der Waals surface area (Å²) in [4.78, 5) is 30.2. The van der Waals surface area contributed by atoms with E-state index in [1.54, 1.807) is 0 Å². The van der Waals surface area contributed by atoms with Gasteiger partial charge < -0.3 is 38.9 Å². The summed E-state index contributed by atoms with van der Waals surface area (Å²) in [5.74, 6) is -1.61. The van der Waals surface area contributed by atoms with Crippen molar-refractivity contribution in [3.05, 3.63) is 0 Å². The largest absolute Gasteiger partial charge is 0.403 e. The molecule has 2 saturated heterocycles. The van der Waals surface area contributed by atoms with E-state index in [2.05, 4.69) is 10.3 Å². The van der Waals surface area contributed by atoms with E-state index in [0.717, 1.165) is 31.4 Å². The summed E-state index contributed by atoms with van der Waals surface area (Å²) in [7, 11) is -1.80. The standard InChI is InChI=1S/C21H31N2O10P/c24-9-13-14(25)15(26)16(27)17(31-13)30-6-5-10-7-21(8-10)18(28)32-34(33-19(21)29)20-22-11-3-1-2-4-12(11)23-20/h10-11,13-17,20,22,24-27H,1-9H2/t10?,11-,13-,14-,15+,16-,17?,20-,21?,34?/m1/s1. The van der Waals surface area contributed by atoms with Gasteiger partial charge in [0.2, 0.25) is 0 Å². The molecule has 0 aromatic heterocycles. The second-order valence-electron chi connectivity index (χ2n) is 9.72. The highest BCUT2D eigenvalue weighted by Gasteiger charge is 2.63. The molecular weight excluding hydrogens is 471 g/mol. The summed E-state index contributed by atoms with van der Waals surface area (Å²) in [5, 5.41) is 42.3. The Morgan fingerprint density at radius 3 is 2.50 bits per heavy atom. The fourth-order valence-electron chi connectivity index (χ4n) is 5.37. The summed E-state index contributed by atoms with van der Waals surface area (Å²) in [5.41, 5.74) is -0.222. The summed E-state index contributed by atoms with van der Waals surface area (Å²) >= 11 is 0. The minimum atomic E-state index is -1.80. The van der Waals surface area contributed by atoms with Gasteiger partial charge >= 0.3 is 20.3 Å². The van der Waals surface area contributed by atoms with Gasteiger partial charge in [0.05, 0.1) is 13.2 Å². The molecule has 13 heteroatoms. The van der Waals surface area contributed by atoms with Crippen molar-refractivity contribution in [2.45, 2.75) is 87.6 Å². The summed E-state index contributed by atoms with van der Waals surface area (Å²) in [6.45, 7) is -0.405. The quantitative estimate of drug-likeness (QED) is 0.229. The number of hydrogen-bond donors (Lipinski definition) is 5. The average Bonchev–Trinajstić information content (AvgIpc) is 3.23. The molecule has 5 N–H and O–H groups in total. The maximum absolute atomic E-state index is 12.8. The zero-order valence-electron chi connectivity index (χ0n) is 18.6. The van der Waals surface area contributed by atoms with Crippen LogP contribution in [-0.2, 0) is 28.1 Å². The number of carbonyl (C=O) groups is 2. The van der Waals surface area contributed by atoms with Crippen molar-refractivity contribution in [1.82, 2.24) is 5.32 Å². The SMILES string of the molecule is O=C1OP([C@H]2N=C3CCCC[C@H]3N2)OC(=O)C12CC(CCOC1O[C@H](CO)[C@@H](O)[C@H](O)[C@H]1O)C2. The molecule has 3 aliphatic heterocycles. The van der Waals surface area contributed by atoms with Crippen LogP contribution >= 0.6 is 8.38 Å². The van der Waals surface area contributed by atoms with Gasteiger partial charge in [-0.2, -0.15) is 0 Å². The molecule has 0 radical (unpaired) electrons. The minimum Gasteiger partial charge on any atom is -0.403 e. The molecule has 2 saturated carbocycles. The maximum Gasteiger partial charge on any atom is 0.337 e. The topological polar surface area (TPSA) is 176 Å². The molecule has 5 aliphatic rings. The van der Waals surface area contributed by atoms with E-state index in [9.17, 15) is 30.0 Å². The van der Waals surface area contributed by atoms with Crippen LogP contribution < -0.4 is 5.32 Å². The lowest BCUT2D eigenvalue weighted by Gasteiger charge is -2.46. The number of nitrogens with one attached hydrogen (secondary N) is 1. The van der Waals surface area contributed by atoms with Crippen molar-refractivity contribution in [3.63, 3.8) is 0 Å². The molecule has 34 heavy (non-hydrogen) atoms. The fraction of sp³-hybridized carbons (Fsp3) is 0.857. The number of carbonyl (C=O) groups excluding carboxylic acids is 2. The van der Waals surface area contributed by atoms with E-state index in [1.807, 2.05) is 0 Å². The number of aliphatic imine (C=N–C) groups is 1.